The van der Waals surface area contributed by atoms with Crippen molar-refractivity contribution in [2.24, 2.45) is 0 Å². The molecule has 1 aliphatic heterocycles. The zero-order chi connectivity index (χ0) is 16.4. The zero-order valence-electron chi connectivity index (χ0n) is 14.7. The summed E-state index contributed by atoms with van der Waals surface area (Å²) in [7, 11) is 0. The molecule has 128 valence electrons. The summed E-state index contributed by atoms with van der Waals surface area (Å²) in [4.78, 5) is 5.33. The third-order valence-corrected chi connectivity index (χ3v) is 5.59. The highest BCUT2D eigenvalue weighted by atomic mass is 15.3. The number of hydrogen-bond donors (Lipinski definition) is 0. The summed E-state index contributed by atoms with van der Waals surface area (Å²) in [5.41, 5.74) is 4.48. The molecule has 2 aliphatic rings. The van der Waals surface area contributed by atoms with Gasteiger partial charge in [0.25, 0.3) is 0 Å². The molecule has 0 saturated carbocycles. The summed E-state index contributed by atoms with van der Waals surface area (Å²) in [5.74, 6) is 0. The van der Waals surface area contributed by atoms with Crippen LogP contribution >= 0.6 is 0 Å². The van der Waals surface area contributed by atoms with Gasteiger partial charge in [-0.2, -0.15) is 5.10 Å². The van der Waals surface area contributed by atoms with Crippen LogP contribution in [0.15, 0.2) is 36.7 Å². The van der Waals surface area contributed by atoms with Gasteiger partial charge in [0.2, 0.25) is 0 Å². The third-order valence-electron chi connectivity index (χ3n) is 5.59. The topological polar surface area (TPSA) is 24.3 Å². The smallest absolute Gasteiger partial charge is 0.0534 e. The van der Waals surface area contributed by atoms with Crippen LogP contribution in [0.3, 0.4) is 0 Å². The van der Waals surface area contributed by atoms with E-state index in [1.165, 1.54) is 51.0 Å². The van der Waals surface area contributed by atoms with E-state index in [2.05, 4.69) is 52.3 Å². The molecule has 4 heteroatoms. The molecule has 4 rings (SSSR count). The molecule has 0 radical (unpaired) electrons. The van der Waals surface area contributed by atoms with Crippen LogP contribution in [0.5, 0.6) is 0 Å². The van der Waals surface area contributed by atoms with Crippen LogP contribution in [0.4, 0.5) is 0 Å². The second-order valence-electron chi connectivity index (χ2n) is 7.20. The monoisotopic (exact) mass is 324 g/mol. The van der Waals surface area contributed by atoms with Crippen molar-refractivity contribution in [2.75, 3.05) is 26.2 Å². The van der Waals surface area contributed by atoms with E-state index in [4.69, 9.17) is 0 Å². The predicted molar refractivity (Wildman–Crippen MR) is 97.0 cm³/mol. The molecule has 0 atom stereocenters. The van der Waals surface area contributed by atoms with Crippen LogP contribution in [0.25, 0.3) is 0 Å². The average Bonchev–Trinajstić information content (AvgIpc) is 3.17. The van der Waals surface area contributed by atoms with Gasteiger partial charge in [0.15, 0.2) is 0 Å². The lowest BCUT2D eigenvalue weighted by Crippen LogP contribution is -2.38. The Balaban J connectivity index is 1.33. The molecule has 0 bridgehead atoms. The Bertz CT molecular complexity index is 653. The van der Waals surface area contributed by atoms with E-state index in [0.717, 1.165) is 13.1 Å². The fourth-order valence-corrected chi connectivity index (χ4v) is 4.23. The van der Waals surface area contributed by atoms with Gasteiger partial charge in [-0.25, -0.2) is 0 Å². The van der Waals surface area contributed by atoms with Gasteiger partial charge in [-0.05, 0) is 50.4 Å². The fourth-order valence-electron chi connectivity index (χ4n) is 4.23. The summed E-state index contributed by atoms with van der Waals surface area (Å²) >= 11 is 0. The molecule has 1 aliphatic carbocycles. The zero-order valence-corrected chi connectivity index (χ0v) is 14.7. The van der Waals surface area contributed by atoms with Crippen molar-refractivity contribution in [1.82, 2.24) is 19.6 Å². The van der Waals surface area contributed by atoms with Crippen molar-refractivity contribution in [3.8, 4) is 0 Å². The molecule has 1 fully saturated rings. The Morgan fingerprint density at radius 2 is 1.83 bits per heavy atom. The standard InChI is InChI=1S/C20H28N4/c1-2-24-16-17(14-21-24)15-22-8-5-9-23(11-10-22)20-12-18-6-3-4-7-19(18)13-20/h3-4,6-7,14,16,20H,2,5,8-13,15H2,1H3. The number of rotatable bonds is 4. The summed E-state index contributed by atoms with van der Waals surface area (Å²) < 4.78 is 2.02. The maximum absolute atomic E-state index is 4.40. The molecule has 2 aromatic rings. The number of fused-ring (bicyclic) bond motifs is 1. The van der Waals surface area contributed by atoms with Crippen LogP contribution in [0, 0.1) is 0 Å². The first kappa shape index (κ1) is 15.9. The number of aromatic nitrogens is 2. The molecule has 2 heterocycles. The summed E-state index contributed by atoms with van der Waals surface area (Å²) in [6.45, 7) is 8.94. The first-order valence-electron chi connectivity index (χ1n) is 9.36. The average molecular weight is 324 g/mol. The molecule has 1 aromatic carbocycles. The molecule has 0 amide bonds. The van der Waals surface area contributed by atoms with Gasteiger partial charge >= 0.3 is 0 Å². The lowest BCUT2D eigenvalue weighted by molar-refractivity contribution is 0.201. The minimum atomic E-state index is 0.713. The minimum absolute atomic E-state index is 0.713. The Labute approximate surface area is 145 Å². The number of hydrogen-bond acceptors (Lipinski definition) is 3. The highest BCUT2D eigenvalue weighted by Gasteiger charge is 2.27. The number of benzene rings is 1. The van der Waals surface area contributed by atoms with Crippen LogP contribution < -0.4 is 0 Å². The van der Waals surface area contributed by atoms with Crippen LogP contribution in [0.2, 0.25) is 0 Å². The van der Waals surface area contributed by atoms with Gasteiger partial charge in [0.05, 0.1) is 6.20 Å². The summed E-state index contributed by atoms with van der Waals surface area (Å²) in [6.07, 6.45) is 7.96. The Morgan fingerprint density at radius 3 is 2.54 bits per heavy atom. The normalized spacial score (nSPS) is 20.2. The van der Waals surface area contributed by atoms with Gasteiger partial charge in [0.1, 0.15) is 0 Å². The van der Waals surface area contributed by atoms with E-state index in [1.807, 2.05) is 10.9 Å². The Hall–Kier alpha value is -1.65. The maximum Gasteiger partial charge on any atom is 0.0534 e. The lowest BCUT2D eigenvalue weighted by atomic mass is 10.1. The Kier molecular flexibility index (Phi) is 4.67. The predicted octanol–water partition coefficient (Wildman–Crippen LogP) is 2.58. The number of aryl methyl sites for hydroxylation is 1. The van der Waals surface area contributed by atoms with E-state index in [0.29, 0.717) is 6.04 Å². The molecule has 4 nitrogen and oxygen atoms in total. The summed E-state index contributed by atoms with van der Waals surface area (Å²) in [6, 6.07) is 9.70. The molecule has 1 aromatic heterocycles. The molecular formula is C20H28N4. The first-order chi connectivity index (χ1) is 11.8. The quantitative estimate of drug-likeness (QED) is 0.864. The fraction of sp³-hybridized carbons (Fsp3) is 0.550. The third kappa shape index (κ3) is 3.40. The van der Waals surface area contributed by atoms with Crippen LogP contribution in [-0.4, -0.2) is 51.8 Å². The SMILES string of the molecule is CCn1cc(CN2CCCN(C3Cc4ccccc4C3)CC2)cn1. The van der Waals surface area contributed by atoms with Crippen molar-refractivity contribution in [3.05, 3.63) is 53.3 Å². The van der Waals surface area contributed by atoms with Crippen molar-refractivity contribution in [3.63, 3.8) is 0 Å². The van der Waals surface area contributed by atoms with E-state index in [-0.39, 0.29) is 0 Å². The molecular weight excluding hydrogens is 296 g/mol. The van der Waals surface area contributed by atoms with Crippen LogP contribution in [-0.2, 0) is 25.9 Å². The number of nitrogens with zero attached hydrogens (tertiary/aromatic N) is 4. The molecule has 1 saturated heterocycles. The van der Waals surface area contributed by atoms with Gasteiger partial charge in [-0.15, -0.1) is 0 Å². The van der Waals surface area contributed by atoms with Crippen molar-refractivity contribution < 1.29 is 0 Å². The summed E-state index contributed by atoms with van der Waals surface area (Å²) in [5, 5.41) is 4.40. The molecule has 24 heavy (non-hydrogen) atoms. The van der Waals surface area contributed by atoms with Gasteiger partial charge in [-0.3, -0.25) is 14.5 Å². The van der Waals surface area contributed by atoms with Crippen LogP contribution in [0.1, 0.15) is 30.0 Å². The maximum atomic E-state index is 4.40. The second kappa shape index (κ2) is 7.08. The van der Waals surface area contributed by atoms with E-state index >= 15 is 0 Å². The van der Waals surface area contributed by atoms with E-state index in [1.54, 1.807) is 11.1 Å². The van der Waals surface area contributed by atoms with Gasteiger partial charge < -0.3 is 0 Å². The Morgan fingerprint density at radius 1 is 1.04 bits per heavy atom. The largest absolute Gasteiger partial charge is 0.298 e. The first-order valence-corrected chi connectivity index (χ1v) is 9.36. The highest BCUT2D eigenvalue weighted by Crippen LogP contribution is 2.26. The van der Waals surface area contributed by atoms with Gasteiger partial charge in [0, 0.05) is 44.0 Å². The molecule has 0 N–H and O–H groups in total. The van der Waals surface area contributed by atoms with Crippen molar-refractivity contribution in [2.45, 2.75) is 45.3 Å². The highest BCUT2D eigenvalue weighted by molar-refractivity contribution is 5.33. The second-order valence-corrected chi connectivity index (χ2v) is 7.20. The lowest BCUT2D eigenvalue weighted by Gasteiger charge is -2.27. The van der Waals surface area contributed by atoms with Crippen molar-refractivity contribution in [1.29, 1.82) is 0 Å². The van der Waals surface area contributed by atoms with Crippen molar-refractivity contribution >= 4 is 0 Å². The molecule has 0 spiro atoms. The minimum Gasteiger partial charge on any atom is -0.298 e. The van der Waals surface area contributed by atoms with Gasteiger partial charge in [-0.1, -0.05) is 24.3 Å². The molecule has 0 unspecified atom stereocenters. The van der Waals surface area contributed by atoms with E-state index in [9.17, 15) is 0 Å². The van der Waals surface area contributed by atoms with E-state index < -0.39 is 0 Å².